The second kappa shape index (κ2) is 5.86. The molecular weight excluding hydrogens is 267 g/mol. The van der Waals surface area contributed by atoms with Gasteiger partial charge in [0.05, 0.1) is 18.3 Å². The molecule has 1 N–H and O–H groups in total. The highest BCUT2D eigenvalue weighted by Gasteiger charge is 2.30. The van der Waals surface area contributed by atoms with E-state index in [0.717, 1.165) is 11.1 Å². The Morgan fingerprint density at radius 1 is 1.14 bits per heavy atom. The molecule has 0 spiro atoms. The first-order valence-corrected chi connectivity index (χ1v) is 6.96. The largest absolute Gasteiger partial charge is 0.496 e. The molecule has 3 heteroatoms. The van der Waals surface area contributed by atoms with E-state index in [1.165, 1.54) is 18.7 Å². The van der Waals surface area contributed by atoms with Gasteiger partial charge in [-0.3, -0.25) is 0 Å². The molecule has 0 amide bonds. The molecule has 2 rings (SSSR count). The summed E-state index contributed by atoms with van der Waals surface area (Å²) >= 11 is 0. The Bertz CT molecular complexity index is 648. The number of methoxy groups -OCH3 is 1. The third-order valence-corrected chi connectivity index (χ3v) is 3.85. The highest BCUT2D eigenvalue weighted by Crippen LogP contribution is 2.34. The van der Waals surface area contributed by atoms with Crippen molar-refractivity contribution in [1.29, 1.82) is 0 Å². The van der Waals surface area contributed by atoms with Gasteiger partial charge in [-0.15, -0.1) is 0 Å². The van der Waals surface area contributed by atoms with Crippen molar-refractivity contribution in [3.05, 3.63) is 64.5 Å². The van der Waals surface area contributed by atoms with Gasteiger partial charge >= 0.3 is 0 Å². The summed E-state index contributed by atoms with van der Waals surface area (Å²) in [5.74, 6) is -0.0907. The van der Waals surface area contributed by atoms with Crippen molar-refractivity contribution < 1.29 is 14.2 Å². The topological polar surface area (TPSA) is 29.5 Å². The molecule has 0 aliphatic heterocycles. The van der Waals surface area contributed by atoms with Gasteiger partial charge in [0.25, 0.3) is 0 Å². The van der Waals surface area contributed by atoms with Crippen molar-refractivity contribution in [3.8, 4) is 5.75 Å². The number of rotatable bonds is 4. The van der Waals surface area contributed by atoms with Gasteiger partial charge in [0, 0.05) is 6.42 Å². The molecule has 112 valence electrons. The van der Waals surface area contributed by atoms with Crippen LogP contribution < -0.4 is 4.74 Å². The van der Waals surface area contributed by atoms with Crippen LogP contribution in [-0.4, -0.2) is 12.2 Å². The minimum atomic E-state index is -1.33. The zero-order valence-electron chi connectivity index (χ0n) is 12.9. The first kappa shape index (κ1) is 15.5. The second-order valence-electron chi connectivity index (χ2n) is 5.69. The summed E-state index contributed by atoms with van der Waals surface area (Å²) < 4.78 is 19.3. The van der Waals surface area contributed by atoms with E-state index < -0.39 is 11.4 Å². The maximum Gasteiger partial charge on any atom is 0.133 e. The van der Waals surface area contributed by atoms with E-state index >= 15 is 0 Å². The van der Waals surface area contributed by atoms with E-state index in [1.807, 2.05) is 32.0 Å². The first-order chi connectivity index (χ1) is 9.85. The molecule has 0 heterocycles. The smallest absolute Gasteiger partial charge is 0.133 e. The summed E-state index contributed by atoms with van der Waals surface area (Å²) in [7, 11) is 1.48. The SMILES string of the molecule is COc1cccc(F)c1C(C)(O)Cc1ccc(C)c(C)c1. The molecule has 0 fully saturated rings. The molecule has 0 aliphatic carbocycles. The highest BCUT2D eigenvalue weighted by molar-refractivity contribution is 5.40. The summed E-state index contributed by atoms with van der Waals surface area (Å²) in [5, 5.41) is 10.8. The average molecular weight is 288 g/mol. The Morgan fingerprint density at radius 2 is 1.86 bits per heavy atom. The third-order valence-electron chi connectivity index (χ3n) is 3.85. The van der Waals surface area contributed by atoms with Crippen LogP contribution >= 0.6 is 0 Å². The summed E-state index contributed by atoms with van der Waals surface area (Å²) in [6.45, 7) is 5.68. The fourth-order valence-electron chi connectivity index (χ4n) is 2.60. The summed E-state index contributed by atoms with van der Waals surface area (Å²) in [6.07, 6.45) is 0.325. The fraction of sp³-hybridized carbons (Fsp3) is 0.333. The number of aryl methyl sites for hydroxylation is 2. The zero-order chi connectivity index (χ0) is 15.6. The van der Waals surface area contributed by atoms with Crippen LogP contribution in [0.2, 0.25) is 0 Å². The predicted octanol–water partition coefficient (Wildman–Crippen LogP) is 3.90. The highest BCUT2D eigenvalue weighted by atomic mass is 19.1. The summed E-state index contributed by atoms with van der Waals surface area (Å²) in [6, 6.07) is 10.6. The Hall–Kier alpha value is -1.87. The van der Waals surface area contributed by atoms with Crippen LogP contribution in [0, 0.1) is 19.7 Å². The third kappa shape index (κ3) is 3.24. The number of ether oxygens (including phenoxy) is 1. The quantitative estimate of drug-likeness (QED) is 0.924. The van der Waals surface area contributed by atoms with Crippen molar-refractivity contribution in [3.63, 3.8) is 0 Å². The number of benzene rings is 2. The Labute approximate surface area is 125 Å². The van der Waals surface area contributed by atoms with Crippen LogP contribution in [0.1, 0.15) is 29.2 Å². The number of hydrogen-bond donors (Lipinski definition) is 1. The van der Waals surface area contributed by atoms with Crippen molar-refractivity contribution in [2.45, 2.75) is 32.8 Å². The summed E-state index contributed by atoms with van der Waals surface area (Å²) in [4.78, 5) is 0. The van der Waals surface area contributed by atoms with Gasteiger partial charge in [-0.25, -0.2) is 4.39 Å². The monoisotopic (exact) mass is 288 g/mol. The van der Waals surface area contributed by atoms with Gasteiger partial charge in [0.1, 0.15) is 11.6 Å². The lowest BCUT2D eigenvalue weighted by molar-refractivity contribution is 0.0510. The van der Waals surface area contributed by atoms with Gasteiger partial charge in [-0.05, 0) is 49.6 Å². The van der Waals surface area contributed by atoms with Crippen LogP contribution in [0.4, 0.5) is 4.39 Å². The fourth-order valence-corrected chi connectivity index (χ4v) is 2.60. The van der Waals surface area contributed by atoms with Crippen LogP contribution in [0.15, 0.2) is 36.4 Å². The lowest BCUT2D eigenvalue weighted by atomic mass is 9.87. The molecule has 1 atom stereocenters. The maximum absolute atomic E-state index is 14.1. The van der Waals surface area contributed by atoms with E-state index in [1.54, 1.807) is 19.1 Å². The van der Waals surface area contributed by atoms with Gasteiger partial charge in [-0.2, -0.15) is 0 Å². The van der Waals surface area contributed by atoms with Gasteiger partial charge in [0.15, 0.2) is 0 Å². The van der Waals surface area contributed by atoms with Crippen LogP contribution in [0.3, 0.4) is 0 Å². The summed E-state index contributed by atoms with van der Waals surface area (Å²) in [5.41, 5.74) is 2.18. The van der Waals surface area contributed by atoms with Crippen molar-refractivity contribution in [2.75, 3.05) is 7.11 Å². The molecule has 0 aromatic heterocycles. The van der Waals surface area contributed by atoms with Crippen molar-refractivity contribution in [1.82, 2.24) is 0 Å². The Morgan fingerprint density at radius 3 is 2.48 bits per heavy atom. The standard InChI is InChI=1S/C18H21FO2/c1-12-8-9-14(10-13(12)2)11-18(3,20)17-15(19)6-5-7-16(17)21-4/h5-10,20H,11H2,1-4H3. The molecular formula is C18H21FO2. The molecule has 0 aliphatic rings. The average Bonchev–Trinajstić information content (AvgIpc) is 2.42. The molecule has 0 radical (unpaired) electrons. The van der Waals surface area contributed by atoms with E-state index in [0.29, 0.717) is 12.2 Å². The number of halogens is 1. The van der Waals surface area contributed by atoms with E-state index in [2.05, 4.69) is 0 Å². The molecule has 21 heavy (non-hydrogen) atoms. The molecule has 0 saturated heterocycles. The first-order valence-electron chi connectivity index (χ1n) is 6.96. The molecule has 2 aromatic carbocycles. The van der Waals surface area contributed by atoms with E-state index in [4.69, 9.17) is 4.74 Å². The molecule has 2 nitrogen and oxygen atoms in total. The van der Waals surface area contributed by atoms with Crippen LogP contribution in [-0.2, 0) is 12.0 Å². The Kier molecular flexibility index (Phi) is 4.33. The molecule has 1 unspecified atom stereocenters. The van der Waals surface area contributed by atoms with Gasteiger partial charge < -0.3 is 9.84 Å². The van der Waals surface area contributed by atoms with Crippen molar-refractivity contribution in [2.24, 2.45) is 0 Å². The maximum atomic E-state index is 14.1. The Balaban J connectivity index is 2.40. The minimum absolute atomic E-state index is 0.200. The van der Waals surface area contributed by atoms with Crippen LogP contribution in [0.25, 0.3) is 0 Å². The minimum Gasteiger partial charge on any atom is -0.496 e. The van der Waals surface area contributed by atoms with Crippen LogP contribution in [0.5, 0.6) is 5.75 Å². The lowest BCUT2D eigenvalue weighted by Crippen LogP contribution is -2.26. The van der Waals surface area contributed by atoms with E-state index in [-0.39, 0.29) is 5.56 Å². The van der Waals surface area contributed by atoms with Gasteiger partial charge in [0.2, 0.25) is 0 Å². The van der Waals surface area contributed by atoms with Gasteiger partial charge in [-0.1, -0.05) is 24.3 Å². The predicted molar refractivity (Wildman–Crippen MR) is 82.1 cm³/mol. The van der Waals surface area contributed by atoms with E-state index in [9.17, 15) is 9.50 Å². The normalized spacial score (nSPS) is 13.8. The lowest BCUT2D eigenvalue weighted by Gasteiger charge is -2.26. The number of hydrogen-bond acceptors (Lipinski definition) is 2. The molecule has 0 bridgehead atoms. The van der Waals surface area contributed by atoms with Crippen molar-refractivity contribution >= 4 is 0 Å². The zero-order valence-corrected chi connectivity index (χ0v) is 12.9. The molecule has 0 saturated carbocycles. The second-order valence-corrected chi connectivity index (χ2v) is 5.69. The number of aliphatic hydroxyl groups is 1. The molecule has 2 aromatic rings.